The number of likely N-dealkylation sites (tertiary alicyclic amines) is 1. The summed E-state index contributed by atoms with van der Waals surface area (Å²) in [7, 11) is 1.67. The molecule has 3 rings (SSSR count). The molecule has 1 saturated carbocycles. The molecule has 3 nitrogen and oxygen atoms in total. The maximum absolute atomic E-state index is 10.2. The van der Waals surface area contributed by atoms with Crippen molar-refractivity contribution in [2.45, 2.75) is 38.2 Å². The molecule has 3 heteroatoms. The van der Waals surface area contributed by atoms with E-state index < -0.39 is 0 Å². The first-order chi connectivity index (χ1) is 11.2. The zero-order chi connectivity index (χ0) is 16.1. The Morgan fingerprint density at radius 3 is 2.78 bits per heavy atom. The van der Waals surface area contributed by atoms with Crippen molar-refractivity contribution in [1.29, 1.82) is 0 Å². The highest BCUT2D eigenvalue weighted by molar-refractivity contribution is 5.51. The van der Waals surface area contributed by atoms with E-state index in [0.29, 0.717) is 0 Å². The first-order valence-electron chi connectivity index (χ1n) is 8.95. The lowest BCUT2D eigenvalue weighted by atomic mass is 10.0. The molecule has 2 bridgehead atoms. The molecule has 0 spiro atoms. The molecule has 0 amide bonds. The predicted molar refractivity (Wildman–Crippen MR) is 94.5 cm³/mol. The Labute approximate surface area is 140 Å². The smallest absolute Gasteiger partial charge is 0.118 e. The highest BCUT2D eigenvalue weighted by Crippen LogP contribution is 2.36. The summed E-state index contributed by atoms with van der Waals surface area (Å²) < 4.78 is 5.15. The van der Waals surface area contributed by atoms with Crippen molar-refractivity contribution < 1.29 is 9.84 Å². The SMILES string of the molecule is COc1ccc(/C=C\[C@@H](O)CCN2CC[C@@H]3CC[C@@H](C3)C2)cc1. The summed E-state index contributed by atoms with van der Waals surface area (Å²) in [5.74, 6) is 2.75. The number of aliphatic hydroxyl groups excluding tert-OH is 1. The van der Waals surface area contributed by atoms with Gasteiger partial charge in [0.25, 0.3) is 0 Å². The highest BCUT2D eigenvalue weighted by Gasteiger charge is 2.29. The fraction of sp³-hybridized carbons (Fsp3) is 0.600. The molecule has 126 valence electrons. The number of rotatable bonds is 6. The molecule has 0 radical (unpaired) electrons. The van der Waals surface area contributed by atoms with Crippen LogP contribution in [0.1, 0.15) is 37.7 Å². The lowest BCUT2D eigenvalue weighted by Gasteiger charge is -2.25. The van der Waals surface area contributed by atoms with Crippen molar-refractivity contribution in [3.8, 4) is 5.75 Å². The van der Waals surface area contributed by atoms with Crippen molar-refractivity contribution in [3.05, 3.63) is 35.9 Å². The summed E-state index contributed by atoms with van der Waals surface area (Å²) in [6.07, 6.45) is 10.0. The number of benzene rings is 1. The van der Waals surface area contributed by atoms with Gasteiger partial charge in [-0.25, -0.2) is 0 Å². The van der Waals surface area contributed by atoms with E-state index in [1.165, 1.54) is 38.8 Å². The van der Waals surface area contributed by atoms with Crippen LogP contribution in [-0.2, 0) is 0 Å². The Kier molecular flexibility index (Phi) is 5.74. The minimum Gasteiger partial charge on any atom is -0.497 e. The summed E-state index contributed by atoms with van der Waals surface area (Å²) in [6, 6.07) is 7.90. The van der Waals surface area contributed by atoms with Gasteiger partial charge in [-0.3, -0.25) is 0 Å². The number of hydrogen-bond donors (Lipinski definition) is 1. The molecular formula is C20H29NO2. The van der Waals surface area contributed by atoms with Gasteiger partial charge in [-0.2, -0.15) is 0 Å². The molecule has 1 N–H and O–H groups in total. The van der Waals surface area contributed by atoms with Crippen LogP contribution in [0.2, 0.25) is 0 Å². The van der Waals surface area contributed by atoms with Crippen LogP contribution in [-0.4, -0.2) is 42.9 Å². The fourth-order valence-corrected chi connectivity index (χ4v) is 3.98. The molecule has 2 aliphatic rings. The normalized spacial score (nSPS) is 26.3. The third kappa shape index (κ3) is 4.82. The van der Waals surface area contributed by atoms with Gasteiger partial charge >= 0.3 is 0 Å². The van der Waals surface area contributed by atoms with E-state index >= 15 is 0 Å². The summed E-state index contributed by atoms with van der Waals surface area (Å²) in [6.45, 7) is 3.47. The molecule has 0 unspecified atom stereocenters. The van der Waals surface area contributed by atoms with E-state index in [9.17, 15) is 5.11 Å². The number of ether oxygens (including phenoxy) is 1. The van der Waals surface area contributed by atoms with Gasteiger partial charge in [0.05, 0.1) is 13.2 Å². The molecule has 0 aromatic heterocycles. The number of methoxy groups -OCH3 is 1. The number of aliphatic hydroxyl groups is 1. The number of nitrogens with zero attached hydrogens (tertiary/aromatic N) is 1. The van der Waals surface area contributed by atoms with E-state index in [4.69, 9.17) is 4.74 Å². The maximum Gasteiger partial charge on any atom is 0.118 e. The lowest BCUT2D eigenvalue weighted by Crippen LogP contribution is -2.31. The van der Waals surface area contributed by atoms with Gasteiger partial charge in [-0.15, -0.1) is 0 Å². The lowest BCUT2D eigenvalue weighted by molar-refractivity contribution is 0.168. The van der Waals surface area contributed by atoms with Crippen LogP contribution in [0.3, 0.4) is 0 Å². The van der Waals surface area contributed by atoms with E-state index in [-0.39, 0.29) is 6.10 Å². The molecular weight excluding hydrogens is 286 g/mol. The molecule has 1 aliphatic carbocycles. The van der Waals surface area contributed by atoms with Gasteiger partial charge in [0.1, 0.15) is 5.75 Å². The van der Waals surface area contributed by atoms with Crippen LogP contribution >= 0.6 is 0 Å². The molecule has 23 heavy (non-hydrogen) atoms. The second-order valence-corrected chi connectivity index (χ2v) is 7.12. The highest BCUT2D eigenvalue weighted by atomic mass is 16.5. The van der Waals surface area contributed by atoms with Crippen molar-refractivity contribution in [1.82, 2.24) is 4.90 Å². The zero-order valence-corrected chi connectivity index (χ0v) is 14.2. The van der Waals surface area contributed by atoms with Gasteiger partial charge < -0.3 is 14.7 Å². The summed E-state index contributed by atoms with van der Waals surface area (Å²) in [5.41, 5.74) is 1.09. The monoisotopic (exact) mass is 315 g/mol. The molecule has 2 fully saturated rings. The fourth-order valence-electron chi connectivity index (χ4n) is 3.98. The molecule has 1 aromatic carbocycles. The Balaban J connectivity index is 1.43. The molecule has 1 saturated heterocycles. The first-order valence-corrected chi connectivity index (χ1v) is 8.95. The van der Waals surface area contributed by atoms with Gasteiger partial charge in [0.15, 0.2) is 0 Å². The largest absolute Gasteiger partial charge is 0.497 e. The maximum atomic E-state index is 10.2. The Morgan fingerprint density at radius 1 is 1.22 bits per heavy atom. The zero-order valence-electron chi connectivity index (χ0n) is 14.2. The van der Waals surface area contributed by atoms with Crippen molar-refractivity contribution in [3.63, 3.8) is 0 Å². The average molecular weight is 315 g/mol. The third-order valence-corrected chi connectivity index (χ3v) is 5.39. The quantitative estimate of drug-likeness (QED) is 0.871. The predicted octanol–water partition coefficient (Wildman–Crippen LogP) is 3.58. The Morgan fingerprint density at radius 2 is 2.00 bits per heavy atom. The van der Waals surface area contributed by atoms with Gasteiger partial charge in [-0.1, -0.05) is 30.7 Å². The van der Waals surface area contributed by atoms with Crippen LogP contribution in [0, 0.1) is 11.8 Å². The van der Waals surface area contributed by atoms with E-state index in [1.807, 2.05) is 36.4 Å². The van der Waals surface area contributed by atoms with Gasteiger partial charge in [0, 0.05) is 13.1 Å². The number of fused-ring (bicyclic) bond motifs is 2. The van der Waals surface area contributed by atoms with Crippen LogP contribution < -0.4 is 4.74 Å². The van der Waals surface area contributed by atoms with Crippen LogP contribution in [0.4, 0.5) is 0 Å². The van der Waals surface area contributed by atoms with Crippen LogP contribution in [0.15, 0.2) is 30.3 Å². The Bertz CT molecular complexity index is 511. The topological polar surface area (TPSA) is 32.7 Å². The Hall–Kier alpha value is -1.32. The second kappa shape index (κ2) is 7.98. The summed E-state index contributed by atoms with van der Waals surface area (Å²) in [4.78, 5) is 2.56. The summed E-state index contributed by atoms with van der Waals surface area (Å²) >= 11 is 0. The van der Waals surface area contributed by atoms with Crippen molar-refractivity contribution in [2.24, 2.45) is 11.8 Å². The van der Waals surface area contributed by atoms with Crippen molar-refractivity contribution >= 4 is 6.08 Å². The number of hydrogen-bond acceptors (Lipinski definition) is 3. The van der Waals surface area contributed by atoms with Crippen LogP contribution in [0.25, 0.3) is 6.08 Å². The molecule has 3 atom stereocenters. The molecule has 1 aliphatic heterocycles. The van der Waals surface area contributed by atoms with E-state index in [0.717, 1.165) is 36.1 Å². The van der Waals surface area contributed by atoms with Gasteiger partial charge in [0.2, 0.25) is 0 Å². The average Bonchev–Trinajstić information content (AvgIpc) is 2.92. The standard InChI is InChI=1S/C20H29NO2/c1-23-20-8-5-16(6-9-20)4-7-19(22)11-13-21-12-10-17-2-3-18(14-17)15-21/h4-9,17-19,22H,2-3,10-15H2,1H3/b7-4-/t17-,18-,19+/m0/s1. The minimum atomic E-state index is -0.363. The van der Waals surface area contributed by atoms with E-state index in [1.54, 1.807) is 7.11 Å². The third-order valence-electron chi connectivity index (χ3n) is 5.39. The molecule has 1 heterocycles. The van der Waals surface area contributed by atoms with E-state index in [2.05, 4.69) is 4.90 Å². The van der Waals surface area contributed by atoms with Crippen LogP contribution in [0.5, 0.6) is 5.75 Å². The second-order valence-electron chi connectivity index (χ2n) is 7.12. The van der Waals surface area contributed by atoms with Crippen molar-refractivity contribution in [2.75, 3.05) is 26.7 Å². The summed E-state index contributed by atoms with van der Waals surface area (Å²) in [5, 5.41) is 10.2. The minimum absolute atomic E-state index is 0.363. The first kappa shape index (κ1) is 16.5. The molecule has 1 aromatic rings. The van der Waals surface area contributed by atoms with Gasteiger partial charge in [-0.05, 0) is 61.8 Å².